The number of carboxylic acid groups (broad SMARTS) is 1. The number of carbonyl (C=O) groups is 1. The van der Waals surface area contributed by atoms with Gasteiger partial charge in [-0.2, -0.15) is 0 Å². The highest BCUT2D eigenvalue weighted by molar-refractivity contribution is 7.84. The van der Waals surface area contributed by atoms with E-state index in [1.807, 2.05) is 0 Å². The zero-order valence-corrected chi connectivity index (χ0v) is 13.6. The summed E-state index contributed by atoms with van der Waals surface area (Å²) in [6.07, 6.45) is 0. The number of benzene rings is 2. The molecule has 0 radical (unpaired) electrons. The third kappa shape index (κ3) is 3.98. The van der Waals surface area contributed by atoms with E-state index in [0.29, 0.717) is 14.9 Å². The average Bonchev–Trinajstić information content (AvgIpc) is 2.43. The summed E-state index contributed by atoms with van der Waals surface area (Å²) in [5, 5.41) is 9.93. The van der Waals surface area contributed by atoms with E-state index in [0.717, 1.165) is 5.56 Å². The fraction of sp³-hybridized carbons (Fsp3) is 0.0714. The minimum Gasteiger partial charge on any atom is -0.478 e. The first kappa shape index (κ1) is 16.3. The van der Waals surface area contributed by atoms with Gasteiger partial charge in [-0.15, -0.1) is 0 Å². The molecule has 0 saturated heterocycles. The van der Waals surface area contributed by atoms with Crippen molar-refractivity contribution in [2.45, 2.75) is 10.6 Å². The van der Waals surface area contributed by atoms with Gasteiger partial charge in [-0.1, -0.05) is 40.9 Å². The van der Waals surface area contributed by atoms with Crippen molar-refractivity contribution in [2.75, 3.05) is 0 Å². The Hall–Kier alpha value is -1.07. The summed E-state index contributed by atoms with van der Waals surface area (Å²) < 4.78 is 12.3. The molecule has 0 saturated carbocycles. The molecule has 1 N–H and O–H groups in total. The van der Waals surface area contributed by atoms with Crippen LogP contribution in [-0.4, -0.2) is 15.3 Å². The Morgan fingerprint density at radius 2 is 1.67 bits per heavy atom. The van der Waals surface area contributed by atoms with E-state index in [-0.39, 0.29) is 16.3 Å². The first-order valence-corrected chi connectivity index (χ1v) is 8.19. The lowest BCUT2D eigenvalue weighted by atomic mass is 10.2. The Morgan fingerprint density at radius 1 is 1.00 bits per heavy atom. The van der Waals surface area contributed by atoms with Gasteiger partial charge in [0.25, 0.3) is 0 Å². The second-order valence-electron chi connectivity index (χ2n) is 4.19. The predicted octanol–water partition coefficient (Wildman–Crippen LogP) is 4.65. The van der Waals surface area contributed by atoms with Gasteiger partial charge in [0.2, 0.25) is 0 Å². The van der Waals surface area contributed by atoms with Crippen molar-refractivity contribution in [2.24, 2.45) is 0 Å². The van der Waals surface area contributed by atoms with Gasteiger partial charge in [0.15, 0.2) is 0 Å². The largest absolute Gasteiger partial charge is 0.478 e. The van der Waals surface area contributed by atoms with Gasteiger partial charge in [0.1, 0.15) is 0 Å². The number of rotatable bonds is 4. The molecule has 0 fully saturated rings. The monoisotopic (exact) mass is 362 g/mol. The topological polar surface area (TPSA) is 54.4 Å². The SMILES string of the molecule is O=C(O)c1cc(S(=O)Cc2ccc(Cl)c(Cl)c2)ccc1Cl. The number of carboxylic acids is 1. The van der Waals surface area contributed by atoms with E-state index in [1.165, 1.54) is 12.1 Å². The van der Waals surface area contributed by atoms with Crippen LogP contribution in [0.4, 0.5) is 0 Å². The molecule has 2 aromatic carbocycles. The van der Waals surface area contributed by atoms with Crippen LogP contribution in [0.15, 0.2) is 41.3 Å². The van der Waals surface area contributed by atoms with Crippen LogP contribution in [0.3, 0.4) is 0 Å². The average molecular weight is 364 g/mol. The summed E-state index contributed by atoms with van der Waals surface area (Å²) in [5.74, 6) is -0.953. The fourth-order valence-corrected chi connectivity index (χ4v) is 3.31. The van der Waals surface area contributed by atoms with Gasteiger partial charge in [0.05, 0.1) is 37.2 Å². The van der Waals surface area contributed by atoms with Crippen LogP contribution in [0.2, 0.25) is 15.1 Å². The highest BCUT2D eigenvalue weighted by Crippen LogP contribution is 2.25. The Labute approximate surface area is 138 Å². The van der Waals surface area contributed by atoms with E-state index >= 15 is 0 Å². The summed E-state index contributed by atoms with van der Waals surface area (Å²) in [6, 6.07) is 9.27. The van der Waals surface area contributed by atoms with Crippen LogP contribution in [-0.2, 0) is 16.6 Å². The molecule has 7 heteroatoms. The van der Waals surface area contributed by atoms with Crippen molar-refractivity contribution < 1.29 is 14.1 Å². The maximum absolute atomic E-state index is 12.3. The summed E-state index contributed by atoms with van der Waals surface area (Å²) in [7, 11) is -1.41. The molecule has 21 heavy (non-hydrogen) atoms. The molecule has 1 unspecified atom stereocenters. The molecule has 0 aliphatic rings. The van der Waals surface area contributed by atoms with Gasteiger partial charge in [-0.3, -0.25) is 4.21 Å². The van der Waals surface area contributed by atoms with Crippen molar-refractivity contribution in [1.82, 2.24) is 0 Å². The Morgan fingerprint density at radius 3 is 2.29 bits per heavy atom. The first-order chi connectivity index (χ1) is 9.88. The molecule has 2 aromatic rings. The summed E-state index contributed by atoms with van der Waals surface area (Å²) >= 11 is 17.5. The van der Waals surface area contributed by atoms with Crippen molar-refractivity contribution >= 4 is 51.6 Å². The second kappa shape index (κ2) is 6.79. The smallest absolute Gasteiger partial charge is 0.337 e. The van der Waals surface area contributed by atoms with Gasteiger partial charge in [0, 0.05) is 4.90 Å². The fourth-order valence-electron chi connectivity index (χ4n) is 1.67. The molecule has 3 nitrogen and oxygen atoms in total. The molecule has 110 valence electrons. The predicted molar refractivity (Wildman–Crippen MR) is 85.0 cm³/mol. The zero-order chi connectivity index (χ0) is 15.6. The van der Waals surface area contributed by atoms with Crippen molar-refractivity contribution in [3.63, 3.8) is 0 Å². The molecule has 0 heterocycles. The van der Waals surface area contributed by atoms with E-state index in [2.05, 4.69) is 0 Å². The van der Waals surface area contributed by atoms with E-state index in [9.17, 15) is 9.00 Å². The minimum atomic E-state index is -1.41. The maximum Gasteiger partial charge on any atom is 0.337 e. The molecule has 0 amide bonds. The standard InChI is InChI=1S/C14H9Cl3O3S/c15-11-4-2-9(6-10(11)14(18)19)21(20)7-8-1-3-12(16)13(17)5-8/h1-6H,7H2,(H,18,19). The number of hydrogen-bond donors (Lipinski definition) is 1. The van der Waals surface area contributed by atoms with Gasteiger partial charge in [-0.05, 0) is 35.9 Å². The van der Waals surface area contributed by atoms with Crippen LogP contribution in [0.5, 0.6) is 0 Å². The molecule has 0 aromatic heterocycles. The summed E-state index contributed by atoms with van der Waals surface area (Å²) in [4.78, 5) is 11.4. The quantitative estimate of drug-likeness (QED) is 0.860. The third-order valence-electron chi connectivity index (χ3n) is 2.71. The lowest BCUT2D eigenvalue weighted by molar-refractivity contribution is 0.0697. The Kier molecular flexibility index (Phi) is 5.27. The van der Waals surface area contributed by atoms with Crippen LogP contribution in [0.1, 0.15) is 15.9 Å². The second-order valence-corrected chi connectivity index (χ2v) is 6.86. The highest BCUT2D eigenvalue weighted by Gasteiger charge is 2.13. The molecule has 0 spiro atoms. The van der Waals surface area contributed by atoms with E-state index in [1.54, 1.807) is 24.3 Å². The van der Waals surface area contributed by atoms with Gasteiger partial charge < -0.3 is 5.11 Å². The number of aromatic carboxylic acids is 1. The molecule has 0 aliphatic heterocycles. The van der Waals surface area contributed by atoms with Crippen LogP contribution in [0.25, 0.3) is 0 Å². The summed E-state index contributed by atoms with van der Waals surface area (Å²) in [6.45, 7) is 0. The normalized spacial score (nSPS) is 12.1. The van der Waals surface area contributed by atoms with Crippen LogP contribution in [0, 0.1) is 0 Å². The van der Waals surface area contributed by atoms with Crippen LogP contribution < -0.4 is 0 Å². The van der Waals surface area contributed by atoms with Gasteiger partial charge >= 0.3 is 5.97 Å². The summed E-state index contributed by atoms with van der Waals surface area (Å²) in [5.41, 5.74) is 0.672. The number of halogens is 3. The zero-order valence-electron chi connectivity index (χ0n) is 10.5. The highest BCUT2D eigenvalue weighted by atomic mass is 35.5. The lowest BCUT2D eigenvalue weighted by Crippen LogP contribution is -2.02. The van der Waals surface area contributed by atoms with Crippen molar-refractivity contribution in [3.8, 4) is 0 Å². The molecule has 0 bridgehead atoms. The molecule has 1 atom stereocenters. The molecular weight excluding hydrogens is 355 g/mol. The van der Waals surface area contributed by atoms with E-state index in [4.69, 9.17) is 39.9 Å². The third-order valence-corrected chi connectivity index (χ3v) is 5.16. The van der Waals surface area contributed by atoms with Crippen LogP contribution >= 0.6 is 34.8 Å². The first-order valence-electron chi connectivity index (χ1n) is 5.73. The Balaban J connectivity index is 2.26. The van der Waals surface area contributed by atoms with Gasteiger partial charge in [-0.25, -0.2) is 4.79 Å². The van der Waals surface area contributed by atoms with E-state index < -0.39 is 16.8 Å². The molecule has 0 aliphatic carbocycles. The number of hydrogen-bond acceptors (Lipinski definition) is 2. The minimum absolute atomic E-state index is 0.0725. The van der Waals surface area contributed by atoms with Crippen molar-refractivity contribution in [3.05, 3.63) is 62.6 Å². The molecule has 2 rings (SSSR count). The molecular formula is C14H9Cl3O3S. The lowest BCUT2D eigenvalue weighted by Gasteiger charge is -2.06. The Bertz CT molecular complexity index is 731. The maximum atomic E-state index is 12.3. The van der Waals surface area contributed by atoms with Crippen molar-refractivity contribution in [1.29, 1.82) is 0 Å².